The first-order chi connectivity index (χ1) is 16.2. The monoisotopic (exact) mass is 512 g/mol. The van der Waals surface area contributed by atoms with E-state index < -0.39 is 29.8 Å². The Bertz CT molecular complexity index is 895. The Balaban J connectivity index is 0.000000540. The summed E-state index contributed by atoms with van der Waals surface area (Å²) in [4.78, 5) is 35.2. The molecule has 2 fully saturated rings. The van der Waals surface area contributed by atoms with Crippen molar-refractivity contribution in [2.24, 2.45) is 5.73 Å². The Morgan fingerprint density at radius 1 is 1.03 bits per heavy atom. The van der Waals surface area contributed by atoms with Crippen molar-refractivity contribution in [3.8, 4) is 0 Å². The summed E-state index contributed by atoms with van der Waals surface area (Å²) in [5, 5.41) is 12.3. The van der Waals surface area contributed by atoms with Gasteiger partial charge in [-0.3, -0.25) is 14.5 Å². The van der Waals surface area contributed by atoms with E-state index in [1.165, 1.54) is 12.1 Å². The summed E-state index contributed by atoms with van der Waals surface area (Å²) in [6.45, 7) is 1.27. The molecule has 1 heterocycles. The number of carboxylic acids is 1. The van der Waals surface area contributed by atoms with Crippen LogP contribution in [0.3, 0.4) is 0 Å². The molecule has 1 saturated carbocycles. The van der Waals surface area contributed by atoms with Gasteiger partial charge in [-0.15, -0.1) is 0 Å². The van der Waals surface area contributed by atoms with Gasteiger partial charge in [0.15, 0.2) is 0 Å². The molecule has 0 unspecified atom stereocenters. The molecule has 2 aliphatic rings. The maximum absolute atomic E-state index is 12.7. The van der Waals surface area contributed by atoms with Crippen LogP contribution in [0, 0.1) is 0 Å². The minimum absolute atomic E-state index is 0.0357. The Morgan fingerprint density at radius 3 is 2.11 bits per heavy atom. The summed E-state index contributed by atoms with van der Waals surface area (Å²) in [6.07, 6.45) is -5.39. The number of benzene rings is 1. The highest BCUT2D eigenvalue weighted by molar-refractivity contribution is 5.96. The molecule has 5 N–H and O–H groups in total. The van der Waals surface area contributed by atoms with Crippen LogP contribution in [0.2, 0.25) is 0 Å². The van der Waals surface area contributed by atoms with E-state index >= 15 is 0 Å². The van der Waals surface area contributed by atoms with Crippen LogP contribution in [0.25, 0.3) is 0 Å². The van der Waals surface area contributed by atoms with Gasteiger partial charge in [-0.2, -0.15) is 26.3 Å². The molecular weight excluding hydrogens is 486 g/mol. The van der Waals surface area contributed by atoms with Gasteiger partial charge >= 0.3 is 18.3 Å². The summed E-state index contributed by atoms with van der Waals surface area (Å²) < 4.78 is 69.9. The number of nitrogens with zero attached hydrogens (tertiary/aromatic N) is 1. The summed E-state index contributed by atoms with van der Waals surface area (Å²) >= 11 is 0. The highest BCUT2D eigenvalue weighted by Gasteiger charge is 2.38. The van der Waals surface area contributed by atoms with Crippen LogP contribution < -0.4 is 16.4 Å². The van der Waals surface area contributed by atoms with Crippen LogP contribution in [-0.4, -0.2) is 71.7 Å². The van der Waals surface area contributed by atoms with Crippen molar-refractivity contribution in [3.63, 3.8) is 0 Å². The minimum Gasteiger partial charge on any atom is -0.475 e. The summed E-state index contributed by atoms with van der Waals surface area (Å²) in [5.41, 5.74) is 4.88. The average molecular weight is 512 g/mol. The third-order valence-corrected chi connectivity index (χ3v) is 5.64. The molecule has 0 atom stereocenters. The van der Waals surface area contributed by atoms with Crippen molar-refractivity contribution >= 4 is 17.8 Å². The molecule has 1 aliphatic carbocycles. The van der Waals surface area contributed by atoms with E-state index in [4.69, 9.17) is 15.6 Å². The molecular formula is C21H26F6N4O4. The van der Waals surface area contributed by atoms with Crippen LogP contribution in [0.1, 0.15) is 41.6 Å². The van der Waals surface area contributed by atoms with Gasteiger partial charge in [0.05, 0.1) is 18.2 Å². The van der Waals surface area contributed by atoms with Crippen molar-refractivity contribution in [2.75, 3.05) is 19.6 Å². The Hall–Kier alpha value is -2.87. The van der Waals surface area contributed by atoms with Crippen LogP contribution in [0.15, 0.2) is 24.3 Å². The molecule has 0 radical (unpaired) electrons. The topological polar surface area (TPSA) is 125 Å². The molecule has 35 heavy (non-hydrogen) atoms. The second kappa shape index (κ2) is 11.7. The quantitative estimate of drug-likeness (QED) is 0.448. The van der Waals surface area contributed by atoms with Crippen LogP contribution >= 0.6 is 0 Å². The number of rotatable bonds is 5. The fourth-order valence-corrected chi connectivity index (χ4v) is 3.75. The fraction of sp³-hybridized carbons (Fsp3) is 0.571. The Labute approximate surface area is 196 Å². The van der Waals surface area contributed by atoms with E-state index in [1.807, 2.05) is 0 Å². The number of nitrogens with one attached hydrogen (secondary N) is 2. The number of carbonyl (C=O) groups is 3. The highest BCUT2D eigenvalue weighted by Crippen LogP contribution is 2.29. The average Bonchev–Trinajstić information content (AvgIpc) is 2.74. The first kappa shape index (κ1) is 28.4. The molecule has 2 amide bonds. The molecule has 0 spiro atoms. The summed E-state index contributed by atoms with van der Waals surface area (Å²) in [5.74, 6) is -3.82. The number of aliphatic carboxylic acids is 1. The Morgan fingerprint density at radius 2 is 1.60 bits per heavy atom. The second-order valence-corrected chi connectivity index (χ2v) is 8.35. The van der Waals surface area contributed by atoms with Crippen molar-refractivity contribution < 1.29 is 45.8 Å². The largest absolute Gasteiger partial charge is 0.490 e. The molecule has 0 aromatic heterocycles. The third kappa shape index (κ3) is 9.02. The van der Waals surface area contributed by atoms with Crippen molar-refractivity contribution in [1.82, 2.24) is 15.5 Å². The van der Waals surface area contributed by atoms with Crippen molar-refractivity contribution in [1.29, 1.82) is 0 Å². The molecule has 1 aromatic carbocycles. The van der Waals surface area contributed by atoms with Gasteiger partial charge in [0.2, 0.25) is 5.91 Å². The van der Waals surface area contributed by atoms with Crippen LogP contribution in [0.5, 0.6) is 0 Å². The minimum atomic E-state index is -5.08. The lowest BCUT2D eigenvalue weighted by Crippen LogP contribution is -2.63. The van der Waals surface area contributed by atoms with Gasteiger partial charge in [-0.25, -0.2) is 4.79 Å². The molecule has 14 heteroatoms. The molecule has 8 nitrogen and oxygen atoms in total. The molecule has 196 valence electrons. The normalized spacial score (nSPS) is 21.2. The second-order valence-electron chi connectivity index (χ2n) is 8.35. The van der Waals surface area contributed by atoms with E-state index in [-0.39, 0.29) is 24.1 Å². The number of likely N-dealkylation sites (tertiary alicyclic amines) is 1. The van der Waals surface area contributed by atoms with E-state index in [1.54, 1.807) is 0 Å². The number of carbonyl (C=O) groups excluding carboxylic acids is 2. The van der Waals surface area contributed by atoms with E-state index in [0.717, 1.165) is 50.9 Å². The lowest BCUT2D eigenvalue weighted by atomic mass is 9.88. The maximum Gasteiger partial charge on any atom is 0.490 e. The van der Waals surface area contributed by atoms with E-state index in [2.05, 4.69) is 15.5 Å². The van der Waals surface area contributed by atoms with Gasteiger partial charge in [-0.05, 0) is 43.9 Å². The third-order valence-electron chi connectivity index (χ3n) is 5.64. The fourth-order valence-electron chi connectivity index (χ4n) is 3.75. The zero-order valence-corrected chi connectivity index (χ0v) is 18.5. The Kier molecular flexibility index (Phi) is 9.49. The number of amides is 2. The zero-order valence-electron chi connectivity index (χ0n) is 18.5. The number of hydrogen-bond donors (Lipinski definition) is 4. The molecule has 1 saturated heterocycles. The predicted octanol–water partition coefficient (Wildman–Crippen LogP) is 2.14. The number of nitrogens with two attached hydrogens (primary N) is 1. The van der Waals surface area contributed by atoms with Crippen molar-refractivity contribution in [3.05, 3.63) is 35.4 Å². The standard InChI is InChI=1S/C19H25F3N4O2.C2HF3O2/c20-19(21,22)13-3-1-2-12(8-13)18(28)24-9-17(27)25-15-10-26(11-15)16-6-4-14(23)5-7-16;3-2(4,5)1(6)7/h1-3,8,14-16H,4-7,9-11,23H2,(H,24,28)(H,25,27);(H,6,7). The summed E-state index contributed by atoms with van der Waals surface area (Å²) in [6, 6.07) is 4.97. The van der Waals surface area contributed by atoms with E-state index in [9.17, 15) is 35.9 Å². The van der Waals surface area contributed by atoms with Gasteiger partial charge in [0.1, 0.15) is 0 Å². The molecule has 3 rings (SSSR count). The van der Waals surface area contributed by atoms with Gasteiger partial charge < -0.3 is 21.5 Å². The molecule has 1 aromatic rings. The lowest BCUT2D eigenvalue weighted by molar-refractivity contribution is -0.192. The highest BCUT2D eigenvalue weighted by atomic mass is 19.4. The number of carboxylic acid groups (broad SMARTS) is 1. The first-order valence-corrected chi connectivity index (χ1v) is 10.7. The SMILES string of the molecule is NC1CCC(N2CC(NC(=O)CNC(=O)c3cccc(C(F)(F)F)c3)C2)CC1.O=C(O)C(F)(F)F. The van der Waals surface area contributed by atoms with Gasteiger partial charge in [0.25, 0.3) is 5.91 Å². The number of alkyl halides is 6. The van der Waals surface area contributed by atoms with Gasteiger partial charge in [-0.1, -0.05) is 6.07 Å². The first-order valence-electron chi connectivity index (χ1n) is 10.7. The lowest BCUT2D eigenvalue weighted by Gasteiger charge is -2.46. The summed E-state index contributed by atoms with van der Waals surface area (Å²) in [7, 11) is 0. The maximum atomic E-state index is 12.7. The van der Waals surface area contributed by atoms with Crippen LogP contribution in [0.4, 0.5) is 26.3 Å². The van der Waals surface area contributed by atoms with E-state index in [0.29, 0.717) is 12.1 Å². The smallest absolute Gasteiger partial charge is 0.475 e. The number of hydrogen-bond acceptors (Lipinski definition) is 5. The number of halogens is 6. The predicted molar refractivity (Wildman–Crippen MR) is 111 cm³/mol. The van der Waals surface area contributed by atoms with Gasteiger partial charge in [0, 0.05) is 30.7 Å². The zero-order chi connectivity index (χ0) is 26.4. The molecule has 1 aliphatic heterocycles. The van der Waals surface area contributed by atoms with Crippen LogP contribution in [-0.2, 0) is 15.8 Å². The van der Waals surface area contributed by atoms with Crippen molar-refractivity contribution in [2.45, 2.75) is 56.2 Å². The molecule has 0 bridgehead atoms.